The van der Waals surface area contributed by atoms with Crippen LogP contribution in [0.3, 0.4) is 0 Å². The van der Waals surface area contributed by atoms with Gasteiger partial charge in [0.05, 0.1) is 11.6 Å². The van der Waals surface area contributed by atoms with Crippen molar-refractivity contribution in [1.82, 2.24) is 14.8 Å². The van der Waals surface area contributed by atoms with Crippen LogP contribution in [0.4, 0.5) is 10.1 Å². The first kappa shape index (κ1) is 10.9. The normalized spacial score (nSPS) is 10.4. The van der Waals surface area contributed by atoms with Gasteiger partial charge in [0.15, 0.2) is 5.82 Å². The van der Waals surface area contributed by atoms with Crippen molar-refractivity contribution in [1.29, 1.82) is 0 Å². The molecule has 2 rings (SSSR count). The Morgan fingerprint density at radius 1 is 1.50 bits per heavy atom. The molecule has 0 radical (unpaired) electrons. The minimum Gasteiger partial charge on any atom is -0.378 e. The molecule has 84 valence electrons. The minimum absolute atomic E-state index is 0.1000. The summed E-state index contributed by atoms with van der Waals surface area (Å²) in [6, 6.07) is 4.48. The van der Waals surface area contributed by atoms with E-state index in [2.05, 4.69) is 15.5 Å². The molecule has 0 atom stereocenters. The molecule has 0 aliphatic carbocycles. The second-order valence-corrected chi connectivity index (χ2v) is 3.75. The van der Waals surface area contributed by atoms with Gasteiger partial charge in [-0.05, 0) is 18.2 Å². The third-order valence-corrected chi connectivity index (χ3v) is 2.47. The smallest absolute Gasteiger partial charge is 0.151 e. The largest absolute Gasteiger partial charge is 0.378 e. The predicted molar refractivity (Wildman–Crippen MR) is 59.7 cm³/mol. The first-order valence-electron chi connectivity index (χ1n) is 4.68. The molecule has 0 aliphatic heterocycles. The van der Waals surface area contributed by atoms with Gasteiger partial charge < -0.3 is 9.88 Å². The predicted octanol–water partition coefficient (Wildman–Crippen LogP) is 2.22. The van der Waals surface area contributed by atoms with Crippen molar-refractivity contribution in [2.24, 2.45) is 7.05 Å². The van der Waals surface area contributed by atoms with E-state index in [1.807, 2.05) is 7.05 Å². The van der Waals surface area contributed by atoms with Crippen molar-refractivity contribution in [3.63, 3.8) is 0 Å². The fourth-order valence-corrected chi connectivity index (χ4v) is 1.43. The quantitative estimate of drug-likeness (QED) is 0.895. The van der Waals surface area contributed by atoms with Gasteiger partial charge in [0, 0.05) is 12.7 Å². The summed E-state index contributed by atoms with van der Waals surface area (Å²) in [4.78, 5) is 0. The highest BCUT2D eigenvalue weighted by Crippen LogP contribution is 2.19. The number of benzene rings is 1. The number of aromatic nitrogens is 3. The standard InChI is InChI=1S/C10H10ClFN4/c1-16-6-14-15-10(16)5-13-7-2-3-9(12)8(11)4-7/h2-4,6,13H,5H2,1H3. The van der Waals surface area contributed by atoms with Gasteiger partial charge in [-0.2, -0.15) is 0 Å². The molecular formula is C10H10ClFN4. The van der Waals surface area contributed by atoms with E-state index in [1.165, 1.54) is 12.1 Å². The van der Waals surface area contributed by atoms with E-state index in [0.29, 0.717) is 6.54 Å². The molecule has 0 unspecified atom stereocenters. The summed E-state index contributed by atoms with van der Waals surface area (Å²) < 4.78 is 14.7. The molecule has 1 aromatic heterocycles. The molecule has 0 saturated heterocycles. The van der Waals surface area contributed by atoms with Crippen LogP contribution < -0.4 is 5.32 Å². The lowest BCUT2D eigenvalue weighted by Gasteiger charge is -2.06. The highest BCUT2D eigenvalue weighted by Gasteiger charge is 2.03. The van der Waals surface area contributed by atoms with E-state index in [9.17, 15) is 4.39 Å². The van der Waals surface area contributed by atoms with E-state index < -0.39 is 5.82 Å². The van der Waals surface area contributed by atoms with Gasteiger partial charge in [0.2, 0.25) is 0 Å². The minimum atomic E-state index is -0.425. The van der Waals surface area contributed by atoms with Gasteiger partial charge in [-0.1, -0.05) is 11.6 Å². The molecule has 0 aliphatic rings. The summed E-state index contributed by atoms with van der Waals surface area (Å²) in [5.74, 6) is 0.367. The number of nitrogens with zero attached hydrogens (tertiary/aromatic N) is 3. The Morgan fingerprint density at radius 3 is 2.94 bits per heavy atom. The Bertz CT molecular complexity index is 497. The van der Waals surface area contributed by atoms with Crippen LogP contribution >= 0.6 is 11.6 Å². The molecule has 6 heteroatoms. The summed E-state index contributed by atoms with van der Waals surface area (Å²) >= 11 is 5.66. The SMILES string of the molecule is Cn1cnnc1CNc1ccc(F)c(Cl)c1. The number of rotatable bonds is 3. The summed E-state index contributed by atoms with van der Waals surface area (Å²) in [5.41, 5.74) is 0.745. The number of hydrogen-bond acceptors (Lipinski definition) is 3. The van der Waals surface area contributed by atoms with E-state index in [0.717, 1.165) is 11.5 Å². The fraction of sp³-hybridized carbons (Fsp3) is 0.200. The number of aryl methyl sites for hydroxylation is 1. The molecule has 0 spiro atoms. The maximum Gasteiger partial charge on any atom is 0.151 e. The molecule has 16 heavy (non-hydrogen) atoms. The van der Waals surface area contributed by atoms with Crippen LogP contribution in [0.2, 0.25) is 5.02 Å². The van der Waals surface area contributed by atoms with Crippen molar-refractivity contribution in [2.75, 3.05) is 5.32 Å². The lowest BCUT2D eigenvalue weighted by atomic mass is 10.3. The number of nitrogens with one attached hydrogen (secondary N) is 1. The monoisotopic (exact) mass is 240 g/mol. The summed E-state index contributed by atoms with van der Waals surface area (Å²) in [5, 5.41) is 10.8. The molecule has 2 aromatic rings. The number of halogens is 2. The Balaban J connectivity index is 2.05. The summed E-state index contributed by atoms with van der Waals surface area (Å²) in [6.45, 7) is 0.512. The Kier molecular flexibility index (Phi) is 3.05. The zero-order valence-corrected chi connectivity index (χ0v) is 9.37. The number of anilines is 1. The molecule has 0 bridgehead atoms. The van der Waals surface area contributed by atoms with E-state index >= 15 is 0 Å². The van der Waals surface area contributed by atoms with E-state index in [4.69, 9.17) is 11.6 Å². The van der Waals surface area contributed by atoms with Crippen molar-refractivity contribution < 1.29 is 4.39 Å². The van der Waals surface area contributed by atoms with E-state index in [1.54, 1.807) is 17.0 Å². The van der Waals surface area contributed by atoms with Gasteiger partial charge in [-0.3, -0.25) is 0 Å². The first-order chi connectivity index (χ1) is 7.66. The van der Waals surface area contributed by atoms with Gasteiger partial charge in [0.1, 0.15) is 12.1 Å². The maximum absolute atomic E-state index is 12.9. The molecule has 0 fully saturated rings. The zero-order valence-electron chi connectivity index (χ0n) is 8.61. The molecule has 0 amide bonds. The molecular weight excluding hydrogens is 231 g/mol. The van der Waals surface area contributed by atoms with Crippen LogP contribution in [0.1, 0.15) is 5.82 Å². The lowest BCUT2D eigenvalue weighted by molar-refractivity contribution is 0.628. The van der Waals surface area contributed by atoms with Crippen LogP contribution in [-0.4, -0.2) is 14.8 Å². The van der Waals surface area contributed by atoms with Gasteiger partial charge >= 0.3 is 0 Å². The molecule has 1 aromatic carbocycles. The zero-order chi connectivity index (χ0) is 11.5. The van der Waals surface area contributed by atoms with Crippen molar-refractivity contribution in [3.8, 4) is 0 Å². The van der Waals surface area contributed by atoms with Crippen LogP contribution in [-0.2, 0) is 13.6 Å². The van der Waals surface area contributed by atoms with Gasteiger partial charge in [-0.25, -0.2) is 4.39 Å². The van der Waals surface area contributed by atoms with Crippen molar-refractivity contribution in [2.45, 2.75) is 6.54 Å². The second kappa shape index (κ2) is 4.49. The van der Waals surface area contributed by atoms with E-state index in [-0.39, 0.29) is 5.02 Å². The Labute approximate surface area is 97.1 Å². The van der Waals surface area contributed by atoms with Crippen LogP contribution in [0.5, 0.6) is 0 Å². The van der Waals surface area contributed by atoms with Gasteiger partial charge in [-0.15, -0.1) is 10.2 Å². The Morgan fingerprint density at radius 2 is 2.31 bits per heavy atom. The summed E-state index contributed by atoms with van der Waals surface area (Å²) in [6.07, 6.45) is 1.62. The molecule has 4 nitrogen and oxygen atoms in total. The average Bonchev–Trinajstić information content (AvgIpc) is 2.66. The maximum atomic E-state index is 12.9. The Hall–Kier alpha value is -1.62. The average molecular weight is 241 g/mol. The van der Waals surface area contributed by atoms with Gasteiger partial charge in [0.25, 0.3) is 0 Å². The summed E-state index contributed by atoms with van der Waals surface area (Å²) in [7, 11) is 1.86. The van der Waals surface area contributed by atoms with Crippen LogP contribution in [0, 0.1) is 5.82 Å². The van der Waals surface area contributed by atoms with Crippen molar-refractivity contribution >= 4 is 17.3 Å². The molecule has 1 N–H and O–H groups in total. The first-order valence-corrected chi connectivity index (χ1v) is 5.06. The highest BCUT2D eigenvalue weighted by molar-refractivity contribution is 6.31. The number of hydrogen-bond donors (Lipinski definition) is 1. The molecule has 0 saturated carbocycles. The third kappa shape index (κ3) is 2.30. The topological polar surface area (TPSA) is 42.7 Å². The van der Waals surface area contributed by atoms with Crippen LogP contribution in [0.15, 0.2) is 24.5 Å². The highest BCUT2D eigenvalue weighted by atomic mass is 35.5. The second-order valence-electron chi connectivity index (χ2n) is 3.34. The molecule has 1 heterocycles. The third-order valence-electron chi connectivity index (χ3n) is 2.18. The van der Waals surface area contributed by atoms with Crippen LogP contribution in [0.25, 0.3) is 0 Å². The fourth-order valence-electron chi connectivity index (χ4n) is 1.25. The van der Waals surface area contributed by atoms with Crippen molar-refractivity contribution in [3.05, 3.63) is 41.2 Å². The lowest BCUT2D eigenvalue weighted by Crippen LogP contribution is -2.05.